The third-order valence-corrected chi connectivity index (χ3v) is 2.35. The van der Waals surface area contributed by atoms with Gasteiger partial charge < -0.3 is 14.7 Å². The van der Waals surface area contributed by atoms with Gasteiger partial charge in [0, 0.05) is 14.1 Å². The maximum Gasteiger partial charge on any atom is 0.341 e. The van der Waals surface area contributed by atoms with E-state index < -0.39 is 5.97 Å². The molecular weight excluding hydrogens is 246 g/mol. The summed E-state index contributed by atoms with van der Waals surface area (Å²) in [5.41, 5.74) is -0.138. The highest BCUT2D eigenvalue weighted by Crippen LogP contribution is 2.26. The molecule has 0 aliphatic heterocycles. The quantitative estimate of drug-likeness (QED) is 0.888. The van der Waals surface area contributed by atoms with Gasteiger partial charge in [0.1, 0.15) is 11.3 Å². The van der Waals surface area contributed by atoms with E-state index in [4.69, 9.17) is 21.4 Å². The van der Waals surface area contributed by atoms with Crippen LogP contribution in [0.1, 0.15) is 10.4 Å². The van der Waals surface area contributed by atoms with E-state index >= 15 is 0 Å². The predicted octanol–water partition coefficient (Wildman–Crippen LogP) is 1.51. The van der Waals surface area contributed by atoms with E-state index in [1.807, 2.05) is 0 Å². The summed E-state index contributed by atoms with van der Waals surface area (Å²) >= 11 is 5.75. The molecule has 5 nitrogen and oxygen atoms in total. The summed E-state index contributed by atoms with van der Waals surface area (Å²) in [7, 11) is 3.17. The molecule has 1 aromatic carbocycles. The van der Waals surface area contributed by atoms with E-state index in [1.165, 1.54) is 17.0 Å². The van der Waals surface area contributed by atoms with Crippen molar-refractivity contribution in [2.24, 2.45) is 0 Å². The average Bonchev–Trinajstić information content (AvgIpc) is 2.24. The third-order valence-electron chi connectivity index (χ3n) is 2.04. The number of nitrogens with zero attached hydrogens (tertiary/aromatic N) is 1. The van der Waals surface area contributed by atoms with E-state index in [-0.39, 0.29) is 28.8 Å². The van der Waals surface area contributed by atoms with Gasteiger partial charge in [0.25, 0.3) is 5.91 Å². The predicted molar refractivity (Wildman–Crippen MR) is 62.6 cm³/mol. The lowest BCUT2D eigenvalue weighted by Crippen LogP contribution is -2.27. The molecule has 0 saturated heterocycles. The first kappa shape index (κ1) is 13.3. The van der Waals surface area contributed by atoms with Crippen LogP contribution in [-0.2, 0) is 4.79 Å². The number of hydrogen-bond acceptors (Lipinski definition) is 3. The lowest BCUT2D eigenvalue weighted by molar-refractivity contribution is -0.130. The van der Waals surface area contributed by atoms with Gasteiger partial charge in [-0.05, 0) is 12.1 Å². The molecule has 0 aliphatic carbocycles. The normalized spacial score (nSPS) is 9.82. The van der Waals surface area contributed by atoms with Crippen LogP contribution < -0.4 is 4.74 Å². The highest BCUT2D eigenvalue weighted by molar-refractivity contribution is 6.33. The zero-order chi connectivity index (χ0) is 13.0. The molecule has 0 fully saturated rings. The Balaban J connectivity index is 2.88. The number of likely N-dealkylation sites (N-methyl/N-ethyl adjacent to an activating group) is 1. The molecule has 17 heavy (non-hydrogen) atoms. The van der Waals surface area contributed by atoms with Crippen LogP contribution in [0.4, 0.5) is 0 Å². The first-order chi connectivity index (χ1) is 7.93. The number of hydrogen-bond donors (Lipinski definition) is 1. The molecule has 0 atom stereocenters. The SMILES string of the molecule is CN(C)C(=O)COc1cccc(Cl)c1C(=O)O. The van der Waals surface area contributed by atoms with E-state index in [2.05, 4.69) is 0 Å². The fraction of sp³-hybridized carbons (Fsp3) is 0.273. The number of carbonyl (C=O) groups is 2. The molecule has 0 bridgehead atoms. The van der Waals surface area contributed by atoms with Crippen LogP contribution in [0.5, 0.6) is 5.75 Å². The molecule has 6 heteroatoms. The van der Waals surface area contributed by atoms with Gasteiger partial charge in [0.15, 0.2) is 6.61 Å². The third kappa shape index (κ3) is 3.35. The van der Waals surface area contributed by atoms with Gasteiger partial charge in [-0.1, -0.05) is 17.7 Å². The molecule has 1 aromatic rings. The van der Waals surface area contributed by atoms with Gasteiger partial charge in [-0.2, -0.15) is 0 Å². The fourth-order valence-corrected chi connectivity index (χ4v) is 1.35. The van der Waals surface area contributed by atoms with Gasteiger partial charge in [0.05, 0.1) is 5.02 Å². The maximum absolute atomic E-state index is 11.3. The zero-order valence-corrected chi connectivity index (χ0v) is 10.2. The smallest absolute Gasteiger partial charge is 0.341 e. The Bertz CT molecular complexity index is 445. The number of rotatable bonds is 4. The van der Waals surface area contributed by atoms with Crippen molar-refractivity contribution in [3.63, 3.8) is 0 Å². The lowest BCUT2D eigenvalue weighted by atomic mass is 10.2. The first-order valence-corrected chi connectivity index (χ1v) is 5.16. The van der Waals surface area contributed by atoms with E-state index in [0.29, 0.717) is 0 Å². The second-order valence-electron chi connectivity index (χ2n) is 3.49. The molecule has 0 radical (unpaired) electrons. The van der Waals surface area contributed by atoms with Gasteiger partial charge in [0.2, 0.25) is 0 Å². The Labute approximate surface area is 104 Å². The van der Waals surface area contributed by atoms with Crippen LogP contribution in [0, 0.1) is 0 Å². The number of carboxylic acids is 1. The van der Waals surface area contributed by atoms with Crippen molar-refractivity contribution in [1.82, 2.24) is 4.90 Å². The molecule has 1 N–H and O–H groups in total. The van der Waals surface area contributed by atoms with Crippen molar-refractivity contribution < 1.29 is 19.4 Å². The number of benzene rings is 1. The Morgan fingerprint density at radius 1 is 1.41 bits per heavy atom. The first-order valence-electron chi connectivity index (χ1n) is 4.78. The summed E-state index contributed by atoms with van der Waals surface area (Å²) < 4.78 is 5.15. The molecular formula is C11H12ClNO4. The second kappa shape index (κ2) is 5.54. The molecule has 0 heterocycles. The number of amides is 1. The fourth-order valence-electron chi connectivity index (χ4n) is 1.10. The van der Waals surface area contributed by atoms with Crippen LogP contribution in [0.25, 0.3) is 0 Å². The van der Waals surface area contributed by atoms with Crippen molar-refractivity contribution in [3.8, 4) is 5.75 Å². The Morgan fingerprint density at radius 2 is 2.06 bits per heavy atom. The van der Waals surface area contributed by atoms with Gasteiger partial charge in [-0.25, -0.2) is 4.79 Å². The minimum atomic E-state index is -1.19. The summed E-state index contributed by atoms with van der Waals surface area (Å²) in [5, 5.41) is 9.04. The van der Waals surface area contributed by atoms with Crippen molar-refractivity contribution >= 4 is 23.5 Å². The average molecular weight is 258 g/mol. The van der Waals surface area contributed by atoms with Crippen LogP contribution in [-0.4, -0.2) is 42.6 Å². The summed E-state index contributed by atoms with van der Waals surface area (Å²) in [6.07, 6.45) is 0. The molecule has 1 rings (SSSR count). The summed E-state index contributed by atoms with van der Waals surface area (Å²) in [6, 6.07) is 4.47. The summed E-state index contributed by atoms with van der Waals surface area (Å²) in [6.45, 7) is -0.229. The lowest BCUT2D eigenvalue weighted by Gasteiger charge is -2.13. The largest absolute Gasteiger partial charge is 0.483 e. The van der Waals surface area contributed by atoms with Crippen molar-refractivity contribution in [2.45, 2.75) is 0 Å². The van der Waals surface area contributed by atoms with E-state index in [1.54, 1.807) is 20.2 Å². The molecule has 1 amide bonds. The number of aromatic carboxylic acids is 1. The van der Waals surface area contributed by atoms with Crippen LogP contribution in [0.2, 0.25) is 5.02 Å². The number of ether oxygens (including phenoxy) is 1. The standard InChI is InChI=1S/C11H12ClNO4/c1-13(2)9(14)6-17-8-5-3-4-7(12)10(8)11(15)16/h3-5H,6H2,1-2H3,(H,15,16). The second-order valence-corrected chi connectivity index (χ2v) is 3.90. The van der Waals surface area contributed by atoms with Gasteiger partial charge in [-0.3, -0.25) is 4.79 Å². The highest BCUT2D eigenvalue weighted by Gasteiger charge is 2.16. The van der Waals surface area contributed by atoms with Gasteiger partial charge >= 0.3 is 5.97 Å². The van der Waals surface area contributed by atoms with Crippen LogP contribution in [0.15, 0.2) is 18.2 Å². The monoisotopic (exact) mass is 257 g/mol. The highest BCUT2D eigenvalue weighted by atomic mass is 35.5. The van der Waals surface area contributed by atoms with E-state index in [0.717, 1.165) is 0 Å². The number of halogens is 1. The Kier molecular flexibility index (Phi) is 4.34. The number of carboxylic acid groups (broad SMARTS) is 1. The minimum absolute atomic E-state index is 0.0762. The van der Waals surface area contributed by atoms with Crippen molar-refractivity contribution in [1.29, 1.82) is 0 Å². The van der Waals surface area contributed by atoms with E-state index in [9.17, 15) is 9.59 Å². The molecule has 0 spiro atoms. The summed E-state index contributed by atoms with van der Waals surface area (Å²) in [4.78, 5) is 23.6. The van der Waals surface area contributed by atoms with Crippen molar-refractivity contribution in [3.05, 3.63) is 28.8 Å². The summed E-state index contributed by atoms with van der Waals surface area (Å²) in [5.74, 6) is -1.37. The van der Waals surface area contributed by atoms with Gasteiger partial charge in [-0.15, -0.1) is 0 Å². The van der Waals surface area contributed by atoms with Crippen molar-refractivity contribution in [2.75, 3.05) is 20.7 Å². The topological polar surface area (TPSA) is 66.8 Å². The molecule has 0 aromatic heterocycles. The zero-order valence-electron chi connectivity index (χ0n) is 9.44. The number of carbonyl (C=O) groups excluding carboxylic acids is 1. The maximum atomic E-state index is 11.3. The molecule has 0 aliphatic rings. The Morgan fingerprint density at radius 3 is 2.59 bits per heavy atom. The molecule has 0 unspecified atom stereocenters. The molecule has 92 valence electrons. The van der Waals surface area contributed by atoms with Crippen LogP contribution in [0.3, 0.4) is 0 Å². The Hall–Kier alpha value is -1.75. The minimum Gasteiger partial charge on any atom is -0.483 e. The van der Waals surface area contributed by atoms with Crippen LogP contribution >= 0.6 is 11.6 Å². The molecule has 0 saturated carbocycles.